The molecule has 0 bridgehead atoms. The van der Waals surface area contributed by atoms with Gasteiger partial charge in [-0.25, -0.2) is 0 Å². The van der Waals surface area contributed by atoms with Crippen LogP contribution >= 0.6 is 0 Å². The normalized spacial score (nSPS) is 22.5. The summed E-state index contributed by atoms with van der Waals surface area (Å²) < 4.78 is 0. The van der Waals surface area contributed by atoms with Gasteiger partial charge < -0.3 is 0 Å². The predicted octanol–water partition coefficient (Wildman–Crippen LogP) is 5.07. The number of carbonyl (C=O) groups is 1. The summed E-state index contributed by atoms with van der Waals surface area (Å²) in [6.45, 7) is 0. The Kier molecular flexibility index (Phi) is 3.55. The van der Waals surface area contributed by atoms with Crippen molar-refractivity contribution in [3.05, 3.63) is 108 Å². The number of hydrogen-bond donors (Lipinski definition) is 0. The summed E-state index contributed by atoms with van der Waals surface area (Å²) in [4.78, 5) is 13.0. The lowest BCUT2D eigenvalue weighted by Gasteiger charge is -2.00. The second-order valence-corrected chi connectivity index (χ2v) is 6.13. The third-order valence-electron chi connectivity index (χ3n) is 4.75. The minimum absolute atomic E-state index is 0.0437. The van der Waals surface area contributed by atoms with Gasteiger partial charge in [-0.1, -0.05) is 91.0 Å². The molecule has 3 aromatic rings. The van der Waals surface area contributed by atoms with Crippen molar-refractivity contribution < 1.29 is 4.79 Å². The summed E-state index contributed by atoms with van der Waals surface area (Å²) in [5, 5.41) is 0. The second kappa shape index (κ2) is 5.85. The molecule has 0 aromatic heterocycles. The van der Waals surface area contributed by atoms with E-state index >= 15 is 0 Å². The molecule has 0 heterocycles. The quantitative estimate of drug-likeness (QED) is 0.615. The first-order chi connectivity index (χ1) is 11.4. The van der Waals surface area contributed by atoms with Crippen LogP contribution in [0.3, 0.4) is 0 Å². The zero-order valence-corrected chi connectivity index (χ0v) is 12.8. The van der Waals surface area contributed by atoms with E-state index in [1.807, 2.05) is 42.5 Å². The molecule has 4 rings (SSSR count). The van der Waals surface area contributed by atoms with E-state index in [-0.39, 0.29) is 23.5 Å². The molecule has 0 amide bonds. The Labute approximate surface area is 136 Å². The molecule has 0 aliphatic heterocycles. The molecule has 0 saturated heterocycles. The van der Waals surface area contributed by atoms with Crippen LogP contribution in [0.1, 0.15) is 33.3 Å². The molecule has 1 aliphatic carbocycles. The highest BCUT2D eigenvalue weighted by molar-refractivity contribution is 6.01. The van der Waals surface area contributed by atoms with Gasteiger partial charge in [0.25, 0.3) is 0 Å². The molecule has 3 aromatic carbocycles. The largest absolute Gasteiger partial charge is 0.294 e. The lowest BCUT2D eigenvalue weighted by molar-refractivity contribution is 0.0963. The molecule has 0 N–H and O–H groups in total. The second-order valence-electron chi connectivity index (χ2n) is 6.13. The molecule has 23 heavy (non-hydrogen) atoms. The molecule has 1 nitrogen and oxygen atoms in total. The third kappa shape index (κ3) is 2.59. The minimum Gasteiger partial charge on any atom is -0.294 e. The van der Waals surface area contributed by atoms with Crippen LogP contribution < -0.4 is 0 Å². The molecule has 112 valence electrons. The highest BCUT2D eigenvalue weighted by Crippen LogP contribution is 2.61. The van der Waals surface area contributed by atoms with E-state index in [9.17, 15) is 4.79 Å². The summed E-state index contributed by atoms with van der Waals surface area (Å²) in [6.07, 6.45) is 0. The monoisotopic (exact) mass is 298 g/mol. The van der Waals surface area contributed by atoms with Gasteiger partial charge in [-0.15, -0.1) is 0 Å². The van der Waals surface area contributed by atoms with Gasteiger partial charge in [0.2, 0.25) is 0 Å². The Hall–Kier alpha value is -2.67. The van der Waals surface area contributed by atoms with Gasteiger partial charge in [-0.2, -0.15) is 0 Å². The Balaban J connectivity index is 1.70. The van der Waals surface area contributed by atoms with E-state index in [1.54, 1.807) is 0 Å². The summed E-state index contributed by atoms with van der Waals surface area (Å²) in [7, 11) is 0. The zero-order chi connectivity index (χ0) is 15.6. The SMILES string of the molecule is O=C(c1ccccc1)C1[C@H](c2ccccc2)[C@H]1c1ccccc1. The Morgan fingerprint density at radius 1 is 0.565 bits per heavy atom. The number of hydrogen-bond acceptors (Lipinski definition) is 1. The van der Waals surface area contributed by atoms with Gasteiger partial charge in [-0.3, -0.25) is 4.79 Å². The maximum Gasteiger partial charge on any atom is 0.167 e. The average Bonchev–Trinajstić information content (AvgIpc) is 3.39. The van der Waals surface area contributed by atoms with Crippen molar-refractivity contribution in [3.8, 4) is 0 Å². The molecular weight excluding hydrogens is 280 g/mol. The zero-order valence-electron chi connectivity index (χ0n) is 12.8. The van der Waals surface area contributed by atoms with Crippen LogP contribution in [-0.4, -0.2) is 5.78 Å². The van der Waals surface area contributed by atoms with Crippen molar-refractivity contribution >= 4 is 5.78 Å². The fourth-order valence-corrected chi connectivity index (χ4v) is 3.61. The highest BCUT2D eigenvalue weighted by atomic mass is 16.1. The predicted molar refractivity (Wildman–Crippen MR) is 92.6 cm³/mol. The van der Waals surface area contributed by atoms with E-state index in [0.29, 0.717) is 0 Å². The van der Waals surface area contributed by atoms with Crippen LogP contribution in [0.15, 0.2) is 91.0 Å². The maximum atomic E-state index is 13.0. The van der Waals surface area contributed by atoms with Crippen LogP contribution in [-0.2, 0) is 0 Å². The maximum absolute atomic E-state index is 13.0. The van der Waals surface area contributed by atoms with Crippen LogP contribution in [0.25, 0.3) is 0 Å². The fourth-order valence-electron chi connectivity index (χ4n) is 3.61. The smallest absolute Gasteiger partial charge is 0.167 e. The molecule has 0 spiro atoms. The van der Waals surface area contributed by atoms with Gasteiger partial charge >= 0.3 is 0 Å². The molecule has 0 radical (unpaired) electrons. The first kappa shape index (κ1) is 14.0. The van der Waals surface area contributed by atoms with Gasteiger partial charge in [-0.05, 0) is 11.1 Å². The number of carbonyl (C=O) groups excluding carboxylic acids is 1. The molecular formula is C22H18O. The van der Waals surface area contributed by atoms with Crippen LogP contribution in [0.4, 0.5) is 0 Å². The Morgan fingerprint density at radius 3 is 1.39 bits per heavy atom. The number of ketones is 1. The standard InChI is InChI=1S/C22H18O/c23-22(18-14-8-3-9-15-18)21-19(16-10-4-1-5-11-16)20(21)17-12-6-2-7-13-17/h1-15,19-21H/t19-,20-/m1/s1. The first-order valence-electron chi connectivity index (χ1n) is 8.05. The van der Waals surface area contributed by atoms with E-state index in [1.165, 1.54) is 11.1 Å². The van der Waals surface area contributed by atoms with Crippen molar-refractivity contribution in [2.24, 2.45) is 5.92 Å². The van der Waals surface area contributed by atoms with Gasteiger partial charge in [0.15, 0.2) is 5.78 Å². The molecule has 1 saturated carbocycles. The lowest BCUT2D eigenvalue weighted by Crippen LogP contribution is -2.03. The Bertz CT molecular complexity index is 748. The highest BCUT2D eigenvalue weighted by Gasteiger charge is 2.55. The first-order valence-corrected chi connectivity index (χ1v) is 8.05. The molecule has 2 atom stereocenters. The number of Topliss-reactive ketones (excluding diaryl/α,β-unsaturated/α-hetero) is 1. The van der Waals surface area contributed by atoms with Crippen molar-refractivity contribution in [2.75, 3.05) is 0 Å². The molecule has 1 heteroatoms. The number of rotatable bonds is 4. The molecule has 1 aliphatic rings. The van der Waals surface area contributed by atoms with Crippen molar-refractivity contribution in [2.45, 2.75) is 11.8 Å². The lowest BCUT2D eigenvalue weighted by atomic mass is 10.0. The number of benzene rings is 3. The fraction of sp³-hybridized carbons (Fsp3) is 0.136. The molecule has 0 unspecified atom stereocenters. The van der Waals surface area contributed by atoms with Crippen LogP contribution in [0, 0.1) is 5.92 Å². The van der Waals surface area contributed by atoms with E-state index in [2.05, 4.69) is 48.5 Å². The summed E-state index contributed by atoms with van der Waals surface area (Å²) >= 11 is 0. The van der Waals surface area contributed by atoms with E-state index in [0.717, 1.165) is 5.56 Å². The van der Waals surface area contributed by atoms with Crippen molar-refractivity contribution in [1.82, 2.24) is 0 Å². The van der Waals surface area contributed by atoms with Crippen LogP contribution in [0.5, 0.6) is 0 Å². The van der Waals surface area contributed by atoms with Crippen molar-refractivity contribution in [1.29, 1.82) is 0 Å². The minimum atomic E-state index is 0.0437. The van der Waals surface area contributed by atoms with Gasteiger partial charge in [0, 0.05) is 23.3 Å². The summed E-state index contributed by atoms with van der Waals surface area (Å²) in [5.74, 6) is 0.869. The van der Waals surface area contributed by atoms with E-state index < -0.39 is 0 Å². The average molecular weight is 298 g/mol. The summed E-state index contributed by atoms with van der Waals surface area (Å²) in [6, 6.07) is 30.5. The topological polar surface area (TPSA) is 17.1 Å². The van der Waals surface area contributed by atoms with E-state index in [4.69, 9.17) is 0 Å². The van der Waals surface area contributed by atoms with Gasteiger partial charge in [0.1, 0.15) is 0 Å². The van der Waals surface area contributed by atoms with Crippen molar-refractivity contribution in [3.63, 3.8) is 0 Å². The van der Waals surface area contributed by atoms with Crippen LogP contribution in [0.2, 0.25) is 0 Å². The summed E-state index contributed by atoms with van der Waals surface area (Å²) in [5.41, 5.74) is 3.34. The third-order valence-corrected chi connectivity index (χ3v) is 4.75. The Morgan fingerprint density at radius 2 is 0.957 bits per heavy atom. The van der Waals surface area contributed by atoms with Gasteiger partial charge in [0.05, 0.1) is 0 Å². The molecule has 1 fully saturated rings.